The van der Waals surface area contributed by atoms with Crippen LogP contribution in [0.4, 0.5) is 0 Å². The summed E-state index contributed by atoms with van der Waals surface area (Å²) in [5.74, 6) is 1.03. The van der Waals surface area contributed by atoms with Gasteiger partial charge in [-0.05, 0) is 13.8 Å². The first kappa shape index (κ1) is 15.2. The smallest absolute Gasteiger partial charge is 0.0840 e. The van der Waals surface area contributed by atoms with E-state index in [4.69, 9.17) is 32.7 Å². The number of hydrogen-bond donors (Lipinski definition) is 0. The molecule has 0 aromatic carbocycles. The predicted molar refractivity (Wildman–Crippen MR) is 70.1 cm³/mol. The van der Waals surface area contributed by atoms with E-state index in [1.54, 1.807) is 0 Å². The van der Waals surface area contributed by atoms with Crippen molar-refractivity contribution in [3.63, 3.8) is 0 Å². The first-order valence-electron chi connectivity index (χ1n) is 4.61. The minimum Gasteiger partial charge on any atom is -0.376 e. The molecule has 0 aromatic heterocycles. The van der Waals surface area contributed by atoms with Gasteiger partial charge in [0, 0.05) is 11.8 Å². The molecule has 0 rings (SSSR count). The van der Waals surface area contributed by atoms with Crippen LogP contribution in [0.3, 0.4) is 0 Å². The number of hydrogen-bond acceptors (Lipinski definition) is 2. The van der Waals surface area contributed by atoms with E-state index in [0.29, 0.717) is 25.0 Å². The predicted octanol–water partition coefficient (Wildman–Crippen LogP) is 3.08. The molecule has 0 aliphatic heterocycles. The van der Waals surface area contributed by atoms with E-state index in [2.05, 4.69) is 22.6 Å². The molecule has 0 spiro atoms. The SMILES string of the molecule is CC(C)OCCOC(CCl)C(I)CCl. The Balaban J connectivity index is 3.52. The van der Waals surface area contributed by atoms with Crippen molar-refractivity contribution in [2.45, 2.75) is 30.0 Å². The van der Waals surface area contributed by atoms with Crippen LogP contribution < -0.4 is 0 Å². The fraction of sp³-hybridized carbons (Fsp3) is 1.00. The Kier molecular flexibility index (Phi) is 10.3. The summed E-state index contributed by atoms with van der Waals surface area (Å²) < 4.78 is 11.1. The number of rotatable bonds is 8. The summed E-state index contributed by atoms with van der Waals surface area (Å²) >= 11 is 13.7. The molecule has 0 saturated heterocycles. The average molecular weight is 355 g/mol. The third-order valence-electron chi connectivity index (χ3n) is 1.57. The maximum atomic E-state index is 5.75. The van der Waals surface area contributed by atoms with E-state index in [9.17, 15) is 0 Å². The molecule has 2 unspecified atom stereocenters. The van der Waals surface area contributed by atoms with Crippen molar-refractivity contribution in [2.24, 2.45) is 0 Å². The van der Waals surface area contributed by atoms with Crippen molar-refractivity contribution in [1.82, 2.24) is 0 Å². The summed E-state index contributed by atoms with van der Waals surface area (Å²) in [5.41, 5.74) is 0. The molecule has 0 N–H and O–H groups in total. The van der Waals surface area contributed by atoms with Crippen LogP contribution in [0, 0.1) is 0 Å². The Morgan fingerprint density at radius 1 is 1.07 bits per heavy atom. The van der Waals surface area contributed by atoms with Gasteiger partial charge in [0.1, 0.15) is 0 Å². The fourth-order valence-corrected chi connectivity index (χ4v) is 2.09. The van der Waals surface area contributed by atoms with Crippen LogP contribution in [0.1, 0.15) is 13.8 Å². The Bertz CT molecular complexity index is 136. The Morgan fingerprint density at radius 2 is 1.64 bits per heavy atom. The minimum absolute atomic E-state index is 0.0190. The van der Waals surface area contributed by atoms with Gasteiger partial charge in [-0.25, -0.2) is 0 Å². The van der Waals surface area contributed by atoms with Gasteiger partial charge >= 0.3 is 0 Å². The largest absolute Gasteiger partial charge is 0.376 e. The highest BCUT2D eigenvalue weighted by Gasteiger charge is 2.17. The Hall–Kier alpha value is 1.23. The number of alkyl halides is 3. The van der Waals surface area contributed by atoms with E-state index in [0.717, 1.165) is 0 Å². The van der Waals surface area contributed by atoms with Gasteiger partial charge in [0.25, 0.3) is 0 Å². The van der Waals surface area contributed by atoms with Crippen molar-refractivity contribution in [3.05, 3.63) is 0 Å². The number of ether oxygens (including phenoxy) is 2. The highest BCUT2D eigenvalue weighted by molar-refractivity contribution is 14.1. The van der Waals surface area contributed by atoms with Gasteiger partial charge in [-0.1, -0.05) is 22.6 Å². The summed E-state index contributed by atoms with van der Waals surface area (Å²) in [6.07, 6.45) is 0.266. The van der Waals surface area contributed by atoms with Crippen molar-refractivity contribution in [2.75, 3.05) is 25.0 Å². The summed E-state index contributed by atoms with van der Waals surface area (Å²) in [4.78, 5) is 0. The van der Waals surface area contributed by atoms with E-state index in [1.807, 2.05) is 13.8 Å². The fourth-order valence-electron chi connectivity index (χ4n) is 0.828. The topological polar surface area (TPSA) is 18.5 Å². The summed E-state index contributed by atoms with van der Waals surface area (Å²) in [7, 11) is 0. The van der Waals surface area contributed by atoms with E-state index in [1.165, 1.54) is 0 Å². The van der Waals surface area contributed by atoms with Crippen LogP contribution in [-0.4, -0.2) is 41.1 Å². The Morgan fingerprint density at radius 3 is 2.07 bits per heavy atom. The van der Waals surface area contributed by atoms with Crippen molar-refractivity contribution in [1.29, 1.82) is 0 Å². The third-order valence-corrected chi connectivity index (χ3v) is 3.97. The van der Waals surface area contributed by atoms with Gasteiger partial charge in [0.05, 0.1) is 29.3 Å². The van der Waals surface area contributed by atoms with Crippen LogP contribution in [-0.2, 0) is 9.47 Å². The lowest BCUT2D eigenvalue weighted by Crippen LogP contribution is -2.29. The van der Waals surface area contributed by atoms with Crippen LogP contribution in [0.15, 0.2) is 0 Å². The molecule has 2 nitrogen and oxygen atoms in total. The molecule has 0 bridgehead atoms. The summed E-state index contributed by atoms with van der Waals surface area (Å²) in [6.45, 7) is 5.18. The van der Waals surface area contributed by atoms with Gasteiger partial charge in [-0.15, -0.1) is 23.2 Å². The standard InChI is InChI=1S/C9H17Cl2IO2/c1-7(2)13-3-4-14-9(6-11)8(12)5-10/h7-9H,3-6H2,1-2H3. The third kappa shape index (κ3) is 7.51. The first-order valence-corrected chi connectivity index (χ1v) is 6.92. The lowest BCUT2D eigenvalue weighted by atomic mass is 10.3. The number of halogens is 3. The highest BCUT2D eigenvalue weighted by atomic mass is 127. The molecule has 0 heterocycles. The van der Waals surface area contributed by atoms with E-state index >= 15 is 0 Å². The molecule has 2 atom stereocenters. The van der Waals surface area contributed by atoms with Gasteiger partial charge in [-0.2, -0.15) is 0 Å². The quantitative estimate of drug-likeness (QED) is 0.379. The molecule has 86 valence electrons. The van der Waals surface area contributed by atoms with Crippen LogP contribution >= 0.6 is 45.8 Å². The first-order chi connectivity index (χ1) is 6.61. The van der Waals surface area contributed by atoms with E-state index in [-0.39, 0.29) is 16.1 Å². The van der Waals surface area contributed by atoms with Crippen LogP contribution in [0.5, 0.6) is 0 Å². The van der Waals surface area contributed by atoms with Gasteiger partial charge in [0.2, 0.25) is 0 Å². The zero-order chi connectivity index (χ0) is 11.0. The summed E-state index contributed by atoms with van der Waals surface area (Å²) in [5, 5.41) is 0. The lowest BCUT2D eigenvalue weighted by Gasteiger charge is -2.19. The van der Waals surface area contributed by atoms with Gasteiger partial charge in [-0.3, -0.25) is 0 Å². The Labute approximate surface area is 110 Å². The van der Waals surface area contributed by atoms with Gasteiger partial charge < -0.3 is 9.47 Å². The second-order valence-electron chi connectivity index (χ2n) is 3.15. The molecule has 0 amide bonds. The van der Waals surface area contributed by atoms with Crippen LogP contribution in [0.25, 0.3) is 0 Å². The molecule has 14 heavy (non-hydrogen) atoms. The highest BCUT2D eigenvalue weighted by Crippen LogP contribution is 2.13. The molecule has 0 saturated carbocycles. The van der Waals surface area contributed by atoms with Gasteiger partial charge in [0.15, 0.2) is 0 Å². The minimum atomic E-state index is 0.0190. The second-order valence-corrected chi connectivity index (χ2v) is 5.37. The molecule has 0 fully saturated rings. The van der Waals surface area contributed by atoms with Crippen LogP contribution in [0.2, 0.25) is 0 Å². The second kappa shape index (κ2) is 9.46. The van der Waals surface area contributed by atoms with Crippen molar-refractivity contribution in [3.8, 4) is 0 Å². The van der Waals surface area contributed by atoms with Crippen molar-refractivity contribution >= 4 is 45.8 Å². The normalized spacial score (nSPS) is 15.9. The molecule has 5 heteroatoms. The lowest BCUT2D eigenvalue weighted by molar-refractivity contribution is -0.00335. The molecule has 0 aliphatic rings. The average Bonchev–Trinajstić information content (AvgIpc) is 2.16. The molecular formula is C9H17Cl2IO2. The monoisotopic (exact) mass is 354 g/mol. The zero-order valence-electron chi connectivity index (χ0n) is 8.51. The molecule has 0 radical (unpaired) electrons. The summed E-state index contributed by atoms with van der Waals surface area (Å²) in [6, 6.07) is 0. The zero-order valence-corrected chi connectivity index (χ0v) is 12.2. The molecule has 0 aromatic rings. The molecule has 0 aliphatic carbocycles. The van der Waals surface area contributed by atoms with Crippen molar-refractivity contribution < 1.29 is 9.47 Å². The molecular weight excluding hydrogens is 338 g/mol. The maximum absolute atomic E-state index is 5.75. The van der Waals surface area contributed by atoms with E-state index < -0.39 is 0 Å². The maximum Gasteiger partial charge on any atom is 0.0840 e.